The fourth-order valence-electron chi connectivity index (χ4n) is 1.28. The molecule has 0 bridgehead atoms. The molecule has 0 atom stereocenters. The summed E-state index contributed by atoms with van der Waals surface area (Å²) in [7, 11) is 0. The Hall–Kier alpha value is -2.21. The molecule has 0 spiro atoms. The van der Waals surface area contributed by atoms with Crippen LogP contribution in [0.1, 0.15) is 27.4 Å². The summed E-state index contributed by atoms with van der Waals surface area (Å²) >= 11 is 0. The lowest BCUT2D eigenvalue weighted by Gasteiger charge is -2.05. The molecule has 1 rings (SSSR count). The standard InChI is InChI=1S/C13H16N2O4/c1-2-3-8-19-9-7-14-12(16)10-5-4-6-11(15-10)13(17)18/h2,4-6H,1,3,7-9H2,(H,14,16)(H,17,18). The van der Waals surface area contributed by atoms with Gasteiger partial charge in [0.25, 0.3) is 5.91 Å². The van der Waals surface area contributed by atoms with Crippen molar-refractivity contribution in [2.24, 2.45) is 0 Å². The fourth-order valence-corrected chi connectivity index (χ4v) is 1.28. The molecule has 2 N–H and O–H groups in total. The molecule has 1 aromatic rings. The third-order valence-electron chi connectivity index (χ3n) is 2.20. The first-order valence-electron chi connectivity index (χ1n) is 5.82. The van der Waals surface area contributed by atoms with E-state index in [1.807, 2.05) is 0 Å². The zero-order chi connectivity index (χ0) is 14.1. The molecule has 0 aliphatic carbocycles. The van der Waals surface area contributed by atoms with Gasteiger partial charge < -0.3 is 15.2 Å². The monoisotopic (exact) mass is 264 g/mol. The van der Waals surface area contributed by atoms with Crippen LogP contribution in [0.2, 0.25) is 0 Å². The molecule has 102 valence electrons. The molecule has 19 heavy (non-hydrogen) atoms. The molecule has 6 nitrogen and oxygen atoms in total. The molecule has 1 aromatic heterocycles. The molecule has 0 unspecified atom stereocenters. The third kappa shape index (κ3) is 5.31. The molecule has 0 saturated carbocycles. The van der Waals surface area contributed by atoms with Gasteiger partial charge in [-0.2, -0.15) is 0 Å². The number of carboxylic acids is 1. The first-order chi connectivity index (χ1) is 9.15. The Morgan fingerprint density at radius 2 is 2.11 bits per heavy atom. The van der Waals surface area contributed by atoms with Crippen molar-refractivity contribution < 1.29 is 19.4 Å². The maximum atomic E-state index is 11.7. The Morgan fingerprint density at radius 3 is 2.79 bits per heavy atom. The predicted molar refractivity (Wildman–Crippen MR) is 69.2 cm³/mol. The molecule has 0 saturated heterocycles. The van der Waals surface area contributed by atoms with Gasteiger partial charge in [0.1, 0.15) is 11.4 Å². The van der Waals surface area contributed by atoms with Gasteiger partial charge >= 0.3 is 5.97 Å². The van der Waals surface area contributed by atoms with Gasteiger partial charge in [-0.15, -0.1) is 6.58 Å². The van der Waals surface area contributed by atoms with Crippen molar-refractivity contribution >= 4 is 11.9 Å². The number of nitrogens with one attached hydrogen (secondary N) is 1. The van der Waals surface area contributed by atoms with Crippen molar-refractivity contribution in [1.29, 1.82) is 0 Å². The van der Waals surface area contributed by atoms with Crippen molar-refractivity contribution in [3.05, 3.63) is 42.2 Å². The highest BCUT2D eigenvalue weighted by Crippen LogP contribution is 1.99. The number of nitrogens with zero attached hydrogens (tertiary/aromatic N) is 1. The van der Waals surface area contributed by atoms with E-state index in [0.717, 1.165) is 6.42 Å². The first-order valence-corrected chi connectivity index (χ1v) is 5.82. The Labute approximate surface area is 111 Å². The van der Waals surface area contributed by atoms with Crippen LogP contribution in [0.15, 0.2) is 30.9 Å². The van der Waals surface area contributed by atoms with Gasteiger partial charge in [0.15, 0.2) is 0 Å². The van der Waals surface area contributed by atoms with Crippen molar-refractivity contribution in [2.45, 2.75) is 6.42 Å². The van der Waals surface area contributed by atoms with E-state index in [4.69, 9.17) is 9.84 Å². The largest absolute Gasteiger partial charge is 0.477 e. The number of pyridine rings is 1. The van der Waals surface area contributed by atoms with Crippen molar-refractivity contribution in [3.8, 4) is 0 Å². The molecular weight excluding hydrogens is 248 g/mol. The van der Waals surface area contributed by atoms with E-state index in [0.29, 0.717) is 19.8 Å². The Kier molecular flexibility index (Phi) is 6.25. The van der Waals surface area contributed by atoms with Crippen molar-refractivity contribution in [3.63, 3.8) is 0 Å². The summed E-state index contributed by atoms with van der Waals surface area (Å²) in [4.78, 5) is 26.1. The summed E-state index contributed by atoms with van der Waals surface area (Å²) in [5, 5.41) is 11.4. The molecular formula is C13H16N2O4. The van der Waals surface area contributed by atoms with E-state index >= 15 is 0 Å². The highest BCUT2D eigenvalue weighted by atomic mass is 16.5. The normalized spacial score (nSPS) is 9.89. The maximum Gasteiger partial charge on any atom is 0.354 e. The second-order valence-corrected chi connectivity index (χ2v) is 3.66. The summed E-state index contributed by atoms with van der Waals surface area (Å²) in [6, 6.07) is 4.27. The number of ether oxygens (including phenoxy) is 1. The topological polar surface area (TPSA) is 88.5 Å². The number of rotatable bonds is 8. The van der Waals surface area contributed by atoms with Crippen LogP contribution in [-0.2, 0) is 4.74 Å². The zero-order valence-electron chi connectivity index (χ0n) is 10.5. The Balaban J connectivity index is 2.39. The smallest absolute Gasteiger partial charge is 0.354 e. The highest BCUT2D eigenvalue weighted by molar-refractivity contribution is 5.94. The number of hydrogen-bond donors (Lipinski definition) is 2. The van der Waals surface area contributed by atoms with Gasteiger partial charge in [-0.1, -0.05) is 12.1 Å². The van der Waals surface area contributed by atoms with E-state index < -0.39 is 11.9 Å². The van der Waals surface area contributed by atoms with E-state index in [-0.39, 0.29) is 11.4 Å². The lowest BCUT2D eigenvalue weighted by atomic mass is 10.3. The summed E-state index contributed by atoms with van der Waals surface area (Å²) in [6.07, 6.45) is 2.51. The summed E-state index contributed by atoms with van der Waals surface area (Å²) < 4.78 is 5.22. The number of carboxylic acid groups (broad SMARTS) is 1. The van der Waals surface area contributed by atoms with Gasteiger partial charge in [-0.3, -0.25) is 4.79 Å². The second kappa shape index (κ2) is 7.99. The number of carbonyl (C=O) groups is 2. The van der Waals surface area contributed by atoms with Gasteiger partial charge in [0.2, 0.25) is 0 Å². The summed E-state index contributed by atoms with van der Waals surface area (Å²) in [5.74, 6) is -1.59. The van der Waals surface area contributed by atoms with Crippen molar-refractivity contribution in [1.82, 2.24) is 10.3 Å². The van der Waals surface area contributed by atoms with Crippen LogP contribution in [0.3, 0.4) is 0 Å². The van der Waals surface area contributed by atoms with Gasteiger partial charge in [0.05, 0.1) is 13.2 Å². The molecule has 1 amide bonds. The number of hydrogen-bond acceptors (Lipinski definition) is 4. The molecule has 0 fully saturated rings. The predicted octanol–water partition coefficient (Wildman–Crippen LogP) is 1.10. The van der Waals surface area contributed by atoms with Crippen molar-refractivity contribution in [2.75, 3.05) is 19.8 Å². The van der Waals surface area contributed by atoms with Crippen LogP contribution in [0.5, 0.6) is 0 Å². The molecule has 0 radical (unpaired) electrons. The minimum absolute atomic E-state index is 0.0750. The van der Waals surface area contributed by atoms with E-state index in [9.17, 15) is 9.59 Å². The maximum absolute atomic E-state index is 11.7. The minimum atomic E-state index is -1.16. The molecule has 0 aliphatic heterocycles. The van der Waals surface area contributed by atoms with Crippen LogP contribution < -0.4 is 5.32 Å². The molecule has 0 aliphatic rings. The van der Waals surface area contributed by atoms with E-state index in [1.165, 1.54) is 18.2 Å². The minimum Gasteiger partial charge on any atom is -0.477 e. The van der Waals surface area contributed by atoms with Crippen LogP contribution >= 0.6 is 0 Å². The van der Waals surface area contributed by atoms with Gasteiger partial charge in [0, 0.05) is 6.54 Å². The first kappa shape index (κ1) is 14.8. The Morgan fingerprint density at radius 1 is 1.37 bits per heavy atom. The van der Waals surface area contributed by atoms with E-state index in [2.05, 4.69) is 16.9 Å². The molecule has 6 heteroatoms. The second-order valence-electron chi connectivity index (χ2n) is 3.66. The average Bonchev–Trinajstić information content (AvgIpc) is 2.42. The number of carbonyl (C=O) groups excluding carboxylic acids is 1. The van der Waals surface area contributed by atoms with Gasteiger partial charge in [-0.25, -0.2) is 9.78 Å². The quantitative estimate of drug-likeness (QED) is 0.542. The highest BCUT2D eigenvalue weighted by Gasteiger charge is 2.10. The van der Waals surface area contributed by atoms with Crippen LogP contribution in [0.4, 0.5) is 0 Å². The summed E-state index contributed by atoms with van der Waals surface area (Å²) in [6.45, 7) is 4.85. The third-order valence-corrected chi connectivity index (χ3v) is 2.20. The summed E-state index contributed by atoms with van der Waals surface area (Å²) in [5.41, 5.74) is -0.0825. The Bertz CT molecular complexity index is 460. The van der Waals surface area contributed by atoms with Gasteiger partial charge in [-0.05, 0) is 18.6 Å². The van der Waals surface area contributed by atoms with Crippen LogP contribution in [0.25, 0.3) is 0 Å². The number of amides is 1. The molecule has 0 aromatic carbocycles. The zero-order valence-corrected chi connectivity index (χ0v) is 10.5. The van der Waals surface area contributed by atoms with E-state index in [1.54, 1.807) is 6.08 Å². The average molecular weight is 264 g/mol. The van der Waals surface area contributed by atoms with Crippen LogP contribution in [0, 0.1) is 0 Å². The molecule has 1 heterocycles. The lowest BCUT2D eigenvalue weighted by molar-refractivity contribution is 0.0690. The lowest BCUT2D eigenvalue weighted by Crippen LogP contribution is -2.28. The number of aromatic carboxylic acids is 1. The fraction of sp³-hybridized carbons (Fsp3) is 0.308. The van der Waals surface area contributed by atoms with Crippen LogP contribution in [-0.4, -0.2) is 41.7 Å². The number of aromatic nitrogens is 1. The SMILES string of the molecule is C=CCCOCCNC(=O)c1cccc(C(=O)O)n1.